The van der Waals surface area contributed by atoms with Crippen molar-refractivity contribution in [1.82, 2.24) is 10.4 Å². The summed E-state index contributed by atoms with van der Waals surface area (Å²) in [6.07, 6.45) is 2.67. The highest BCUT2D eigenvalue weighted by molar-refractivity contribution is 5.06. The van der Waals surface area contributed by atoms with E-state index in [-0.39, 0.29) is 5.54 Å². The van der Waals surface area contributed by atoms with Crippen molar-refractivity contribution in [2.24, 2.45) is 16.7 Å². The molecule has 0 aromatic heterocycles. The molecule has 0 aromatic rings. The Kier molecular flexibility index (Phi) is 2.91. The predicted molar refractivity (Wildman–Crippen MR) is 73.7 cm³/mol. The summed E-state index contributed by atoms with van der Waals surface area (Å²) in [5.74, 6) is 0.830. The predicted octanol–water partition coefficient (Wildman–Crippen LogP) is 3.44. The molecule has 2 heteroatoms. The summed E-state index contributed by atoms with van der Waals surface area (Å²) in [5.41, 5.74) is 4.97. The Labute approximate surface area is 107 Å². The Morgan fingerprint density at radius 2 is 1.65 bits per heavy atom. The zero-order valence-electron chi connectivity index (χ0n) is 12.7. The zero-order valence-corrected chi connectivity index (χ0v) is 12.7. The van der Waals surface area contributed by atoms with Crippen LogP contribution in [0.5, 0.6) is 0 Å². The van der Waals surface area contributed by atoms with E-state index in [1.807, 2.05) is 0 Å². The molecule has 17 heavy (non-hydrogen) atoms. The third kappa shape index (κ3) is 2.26. The molecule has 1 aliphatic carbocycles. The van der Waals surface area contributed by atoms with E-state index in [0.29, 0.717) is 16.9 Å². The maximum absolute atomic E-state index is 3.83. The van der Waals surface area contributed by atoms with E-state index < -0.39 is 0 Å². The molecule has 2 atom stereocenters. The summed E-state index contributed by atoms with van der Waals surface area (Å²) in [7, 11) is 0. The average Bonchev–Trinajstić information content (AvgIpc) is 2.31. The van der Waals surface area contributed by atoms with Crippen LogP contribution in [0.4, 0.5) is 0 Å². The molecule has 1 N–H and O–H groups in total. The van der Waals surface area contributed by atoms with Crippen molar-refractivity contribution in [1.29, 1.82) is 0 Å². The molecule has 2 aliphatic rings. The molecule has 0 bridgehead atoms. The Morgan fingerprint density at radius 3 is 2.18 bits per heavy atom. The first-order valence-electron chi connectivity index (χ1n) is 7.08. The first kappa shape index (κ1) is 13.4. The SMILES string of the molecule is CC1(C)CC(C)(C)C2NN(C(C)(C)C)CCC21. The van der Waals surface area contributed by atoms with Gasteiger partial charge in [0, 0.05) is 18.1 Å². The normalized spacial score (nSPS) is 36.9. The number of fused-ring (bicyclic) bond motifs is 1. The maximum atomic E-state index is 3.83. The number of nitrogens with zero attached hydrogens (tertiary/aromatic N) is 1. The summed E-state index contributed by atoms with van der Waals surface area (Å²) < 4.78 is 0. The lowest BCUT2D eigenvalue weighted by Crippen LogP contribution is -2.62. The van der Waals surface area contributed by atoms with Crippen LogP contribution in [0.2, 0.25) is 0 Å². The molecule has 0 spiro atoms. The van der Waals surface area contributed by atoms with Crippen LogP contribution in [0.25, 0.3) is 0 Å². The second-order valence-corrected chi connectivity index (χ2v) is 8.48. The minimum atomic E-state index is 0.230. The van der Waals surface area contributed by atoms with Crippen LogP contribution in [0, 0.1) is 16.7 Å². The smallest absolute Gasteiger partial charge is 0.0300 e. The van der Waals surface area contributed by atoms with Crippen molar-refractivity contribution >= 4 is 0 Å². The zero-order chi connectivity index (χ0) is 13.1. The fraction of sp³-hybridized carbons (Fsp3) is 1.00. The second-order valence-electron chi connectivity index (χ2n) is 8.48. The molecule has 0 aromatic carbocycles. The van der Waals surface area contributed by atoms with E-state index in [1.165, 1.54) is 19.4 Å². The number of hydrogen-bond donors (Lipinski definition) is 1. The fourth-order valence-corrected chi connectivity index (χ4v) is 4.26. The number of nitrogens with one attached hydrogen (secondary N) is 1. The van der Waals surface area contributed by atoms with Crippen LogP contribution >= 0.6 is 0 Å². The first-order valence-corrected chi connectivity index (χ1v) is 7.08. The molecule has 0 radical (unpaired) electrons. The minimum Gasteiger partial charge on any atom is -0.251 e. The number of hydrazine groups is 1. The molecule has 2 unspecified atom stereocenters. The highest BCUT2D eigenvalue weighted by Gasteiger charge is 2.54. The monoisotopic (exact) mass is 238 g/mol. The van der Waals surface area contributed by atoms with Crippen molar-refractivity contribution in [3.05, 3.63) is 0 Å². The van der Waals surface area contributed by atoms with Crippen LogP contribution in [0.3, 0.4) is 0 Å². The molecule has 2 rings (SSSR count). The number of rotatable bonds is 0. The van der Waals surface area contributed by atoms with Gasteiger partial charge in [0.25, 0.3) is 0 Å². The Balaban J connectivity index is 2.20. The van der Waals surface area contributed by atoms with E-state index in [4.69, 9.17) is 0 Å². The van der Waals surface area contributed by atoms with Crippen molar-refractivity contribution in [3.8, 4) is 0 Å². The third-order valence-electron chi connectivity index (χ3n) is 4.93. The highest BCUT2D eigenvalue weighted by atomic mass is 15.6. The summed E-state index contributed by atoms with van der Waals surface area (Å²) in [4.78, 5) is 0. The Hall–Kier alpha value is -0.0800. The van der Waals surface area contributed by atoms with E-state index in [1.54, 1.807) is 0 Å². The van der Waals surface area contributed by atoms with Gasteiger partial charge >= 0.3 is 0 Å². The summed E-state index contributed by atoms with van der Waals surface area (Å²) in [6, 6.07) is 0.644. The van der Waals surface area contributed by atoms with E-state index >= 15 is 0 Å². The summed E-state index contributed by atoms with van der Waals surface area (Å²) in [6.45, 7) is 17.8. The lowest BCUT2D eigenvalue weighted by atomic mass is 9.78. The van der Waals surface area contributed by atoms with E-state index in [2.05, 4.69) is 58.9 Å². The lowest BCUT2D eigenvalue weighted by molar-refractivity contribution is -0.0244. The topological polar surface area (TPSA) is 15.3 Å². The molecule has 1 saturated carbocycles. The quantitative estimate of drug-likeness (QED) is 0.695. The summed E-state index contributed by atoms with van der Waals surface area (Å²) >= 11 is 0. The van der Waals surface area contributed by atoms with Gasteiger partial charge in [-0.2, -0.15) is 0 Å². The second kappa shape index (κ2) is 3.71. The van der Waals surface area contributed by atoms with Gasteiger partial charge in [0.1, 0.15) is 0 Å². The highest BCUT2D eigenvalue weighted by Crippen LogP contribution is 2.55. The van der Waals surface area contributed by atoms with Crippen molar-refractivity contribution in [3.63, 3.8) is 0 Å². The van der Waals surface area contributed by atoms with Crippen LogP contribution in [0.1, 0.15) is 61.3 Å². The van der Waals surface area contributed by atoms with E-state index in [0.717, 1.165) is 5.92 Å². The maximum Gasteiger partial charge on any atom is 0.0300 e. The van der Waals surface area contributed by atoms with Crippen LogP contribution in [0.15, 0.2) is 0 Å². The molecule has 100 valence electrons. The van der Waals surface area contributed by atoms with Gasteiger partial charge in [-0.15, -0.1) is 0 Å². The third-order valence-corrected chi connectivity index (χ3v) is 4.93. The van der Waals surface area contributed by atoms with Crippen molar-refractivity contribution in [2.75, 3.05) is 6.54 Å². The average molecular weight is 238 g/mol. The molecular weight excluding hydrogens is 208 g/mol. The standard InChI is InChI=1S/C15H30N2/c1-13(2,3)17-9-8-11-12(16-17)15(6,7)10-14(11,4)5/h11-12,16H,8-10H2,1-7H3. The largest absolute Gasteiger partial charge is 0.251 e. The fourth-order valence-electron chi connectivity index (χ4n) is 4.26. The van der Waals surface area contributed by atoms with Gasteiger partial charge in [-0.3, -0.25) is 5.43 Å². The molecule has 1 heterocycles. The van der Waals surface area contributed by atoms with Gasteiger partial charge in [-0.1, -0.05) is 27.7 Å². The van der Waals surface area contributed by atoms with Gasteiger partial charge in [0.15, 0.2) is 0 Å². The molecule has 1 aliphatic heterocycles. The van der Waals surface area contributed by atoms with Gasteiger partial charge in [-0.05, 0) is 50.4 Å². The number of hydrogen-bond acceptors (Lipinski definition) is 2. The first-order chi connectivity index (χ1) is 7.54. The van der Waals surface area contributed by atoms with Crippen molar-refractivity contribution in [2.45, 2.75) is 72.9 Å². The lowest BCUT2D eigenvalue weighted by Gasteiger charge is -2.48. The van der Waals surface area contributed by atoms with Crippen molar-refractivity contribution < 1.29 is 0 Å². The van der Waals surface area contributed by atoms with Gasteiger partial charge in [-0.25, -0.2) is 5.01 Å². The van der Waals surface area contributed by atoms with Crippen LogP contribution in [-0.4, -0.2) is 23.1 Å². The van der Waals surface area contributed by atoms with Crippen LogP contribution < -0.4 is 5.43 Å². The Bertz CT molecular complexity index is 299. The molecule has 0 amide bonds. The van der Waals surface area contributed by atoms with Gasteiger partial charge < -0.3 is 0 Å². The summed E-state index contributed by atoms with van der Waals surface area (Å²) in [5, 5.41) is 2.46. The minimum absolute atomic E-state index is 0.230. The molecular formula is C15H30N2. The van der Waals surface area contributed by atoms with Gasteiger partial charge in [0.2, 0.25) is 0 Å². The van der Waals surface area contributed by atoms with Gasteiger partial charge in [0.05, 0.1) is 0 Å². The molecule has 1 saturated heterocycles. The van der Waals surface area contributed by atoms with E-state index in [9.17, 15) is 0 Å². The van der Waals surface area contributed by atoms with Crippen LogP contribution in [-0.2, 0) is 0 Å². The molecule has 2 nitrogen and oxygen atoms in total. The molecule has 2 fully saturated rings. The Morgan fingerprint density at radius 1 is 1.06 bits per heavy atom.